The van der Waals surface area contributed by atoms with Crippen LogP contribution in [0.3, 0.4) is 0 Å². The quantitative estimate of drug-likeness (QED) is 0.938. The van der Waals surface area contributed by atoms with E-state index in [0.717, 1.165) is 10.0 Å². The fourth-order valence-electron chi connectivity index (χ4n) is 1.51. The molecule has 1 N–H and O–H groups in total. The summed E-state index contributed by atoms with van der Waals surface area (Å²) in [6.45, 7) is 0.632. The lowest BCUT2D eigenvalue weighted by Gasteiger charge is -2.11. The summed E-state index contributed by atoms with van der Waals surface area (Å²) >= 11 is 3.28. The highest BCUT2D eigenvalue weighted by molar-refractivity contribution is 9.10. The van der Waals surface area contributed by atoms with Gasteiger partial charge in [-0.05, 0) is 31.3 Å². The molecule has 0 radical (unpaired) electrons. The zero-order chi connectivity index (χ0) is 13.0. The maximum atomic E-state index is 13.6. The van der Waals surface area contributed by atoms with Gasteiger partial charge in [0.25, 0.3) is 0 Å². The Bertz CT molecular complexity index is 548. The summed E-state index contributed by atoms with van der Waals surface area (Å²) < 4.78 is 19.9. The van der Waals surface area contributed by atoms with Crippen LogP contribution < -0.4 is 10.1 Å². The molecule has 1 heterocycles. The van der Waals surface area contributed by atoms with E-state index in [1.807, 2.05) is 13.1 Å². The van der Waals surface area contributed by atoms with Crippen LogP contribution in [0.2, 0.25) is 0 Å². The number of hydrogen-bond acceptors (Lipinski definition) is 3. The van der Waals surface area contributed by atoms with Crippen molar-refractivity contribution in [2.75, 3.05) is 7.05 Å². The Morgan fingerprint density at radius 1 is 1.33 bits per heavy atom. The average Bonchev–Trinajstić information content (AvgIpc) is 2.36. The summed E-state index contributed by atoms with van der Waals surface area (Å²) in [6, 6.07) is 6.40. The molecule has 0 aliphatic rings. The highest BCUT2D eigenvalue weighted by Gasteiger charge is 2.08. The van der Waals surface area contributed by atoms with Gasteiger partial charge in [-0.2, -0.15) is 0 Å². The second-order valence-electron chi connectivity index (χ2n) is 3.69. The molecule has 18 heavy (non-hydrogen) atoms. The molecule has 3 nitrogen and oxygen atoms in total. The standard InChI is InChI=1S/C13H12BrFN2O/c1-16-7-9-4-5-17-8-13(9)18-12-6-10(14)2-3-11(12)15/h2-6,8,16H,7H2,1H3. The molecule has 0 fully saturated rings. The van der Waals surface area contributed by atoms with Gasteiger partial charge < -0.3 is 10.1 Å². The van der Waals surface area contributed by atoms with Gasteiger partial charge in [-0.15, -0.1) is 0 Å². The Hall–Kier alpha value is -1.46. The normalized spacial score (nSPS) is 10.4. The van der Waals surface area contributed by atoms with Crippen LogP contribution >= 0.6 is 15.9 Å². The molecule has 0 spiro atoms. The predicted molar refractivity (Wildman–Crippen MR) is 71.2 cm³/mol. The fraction of sp³-hybridized carbons (Fsp3) is 0.154. The zero-order valence-corrected chi connectivity index (χ0v) is 11.4. The van der Waals surface area contributed by atoms with Crippen LogP contribution in [0.1, 0.15) is 5.56 Å². The van der Waals surface area contributed by atoms with Gasteiger partial charge in [0.1, 0.15) is 5.75 Å². The second-order valence-corrected chi connectivity index (χ2v) is 4.61. The van der Waals surface area contributed by atoms with Gasteiger partial charge in [-0.25, -0.2) is 4.39 Å². The molecule has 0 aliphatic carbocycles. The number of aromatic nitrogens is 1. The first-order chi connectivity index (χ1) is 8.70. The molecule has 0 aliphatic heterocycles. The second kappa shape index (κ2) is 5.93. The molecule has 0 bridgehead atoms. The molecule has 0 saturated carbocycles. The van der Waals surface area contributed by atoms with E-state index in [4.69, 9.17) is 4.74 Å². The Morgan fingerprint density at radius 3 is 2.94 bits per heavy atom. The third-order valence-corrected chi connectivity index (χ3v) is 2.84. The molecule has 0 saturated heterocycles. The molecule has 0 unspecified atom stereocenters. The predicted octanol–water partition coefficient (Wildman–Crippen LogP) is 3.49. The van der Waals surface area contributed by atoms with Crippen LogP contribution in [0.15, 0.2) is 41.1 Å². The average molecular weight is 311 g/mol. The van der Waals surface area contributed by atoms with Crippen molar-refractivity contribution in [2.24, 2.45) is 0 Å². The van der Waals surface area contributed by atoms with Crippen molar-refractivity contribution in [3.8, 4) is 11.5 Å². The van der Waals surface area contributed by atoms with Gasteiger partial charge in [0, 0.05) is 22.8 Å². The Balaban J connectivity index is 2.30. The topological polar surface area (TPSA) is 34.2 Å². The molecular weight excluding hydrogens is 299 g/mol. The van der Waals surface area contributed by atoms with Gasteiger partial charge in [0.05, 0.1) is 6.20 Å². The molecule has 5 heteroatoms. The largest absolute Gasteiger partial charge is 0.452 e. The van der Waals surface area contributed by atoms with Gasteiger partial charge >= 0.3 is 0 Å². The summed E-state index contributed by atoms with van der Waals surface area (Å²) in [4.78, 5) is 3.99. The van der Waals surface area contributed by atoms with Crippen LogP contribution in [0, 0.1) is 5.82 Å². The fourth-order valence-corrected chi connectivity index (χ4v) is 1.85. The lowest BCUT2D eigenvalue weighted by molar-refractivity contribution is 0.434. The highest BCUT2D eigenvalue weighted by Crippen LogP contribution is 2.29. The molecular formula is C13H12BrFN2O. The zero-order valence-electron chi connectivity index (χ0n) is 9.78. The summed E-state index contributed by atoms with van der Waals surface area (Å²) in [7, 11) is 1.84. The van der Waals surface area contributed by atoms with Crippen LogP contribution in [0.25, 0.3) is 0 Å². The van der Waals surface area contributed by atoms with E-state index in [0.29, 0.717) is 12.3 Å². The lowest BCUT2D eigenvalue weighted by atomic mass is 10.2. The van der Waals surface area contributed by atoms with Crippen LogP contribution in [-0.2, 0) is 6.54 Å². The molecule has 0 atom stereocenters. The highest BCUT2D eigenvalue weighted by atomic mass is 79.9. The smallest absolute Gasteiger partial charge is 0.165 e. The van der Waals surface area contributed by atoms with E-state index in [1.54, 1.807) is 24.5 Å². The van der Waals surface area contributed by atoms with E-state index in [2.05, 4.69) is 26.2 Å². The number of benzene rings is 1. The molecule has 2 aromatic rings. The third kappa shape index (κ3) is 3.05. The summed E-state index contributed by atoms with van der Waals surface area (Å²) in [6.07, 6.45) is 3.25. The molecule has 1 aromatic heterocycles. The van der Waals surface area contributed by atoms with Crippen molar-refractivity contribution in [3.63, 3.8) is 0 Å². The van der Waals surface area contributed by atoms with Crippen LogP contribution in [0.4, 0.5) is 4.39 Å². The molecule has 2 rings (SSSR count). The van der Waals surface area contributed by atoms with Crippen molar-refractivity contribution >= 4 is 15.9 Å². The van der Waals surface area contributed by atoms with Crippen molar-refractivity contribution < 1.29 is 9.13 Å². The van der Waals surface area contributed by atoms with E-state index in [9.17, 15) is 4.39 Å². The van der Waals surface area contributed by atoms with Gasteiger partial charge in [0.15, 0.2) is 11.6 Å². The molecule has 1 aromatic carbocycles. The van der Waals surface area contributed by atoms with E-state index < -0.39 is 5.82 Å². The Morgan fingerprint density at radius 2 is 2.17 bits per heavy atom. The van der Waals surface area contributed by atoms with Gasteiger partial charge in [-0.3, -0.25) is 4.98 Å². The first-order valence-corrected chi connectivity index (χ1v) is 6.20. The van der Waals surface area contributed by atoms with Crippen molar-refractivity contribution in [3.05, 3.63) is 52.5 Å². The molecule has 94 valence electrons. The van der Waals surface area contributed by atoms with E-state index in [-0.39, 0.29) is 5.75 Å². The number of nitrogens with one attached hydrogen (secondary N) is 1. The monoisotopic (exact) mass is 310 g/mol. The lowest BCUT2D eigenvalue weighted by Crippen LogP contribution is -2.06. The Kier molecular flexibility index (Phi) is 4.28. The van der Waals surface area contributed by atoms with Crippen LogP contribution in [-0.4, -0.2) is 12.0 Å². The first kappa shape index (κ1) is 13.0. The van der Waals surface area contributed by atoms with E-state index in [1.165, 1.54) is 6.07 Å². The van der Waals surface area contributed by atoms with E-state index >= 15 is 0 Å². The summed E-state index contributed by atoms with van der Waals surface area (Å²) in [5.74, 6) is 0.316. The number of pyridine rings is 1. The maximum absolute atomic E-state index is 13.6. The Labute approximate surface area is 113 Å². The van der Waals surface area contributed by atoms with Crippen molar-refractivity contribution in [1.82, 2.24) is 10.3 Å². The van der Waals surface area contributed by atoms with Crippen LogP contribution in [0.5, 0.6) is 11.5 Å². The number of rotatable bonds is 4. The minimum Gasteiger partial charge on any atom is -0.452 e. The number of halogens is 2. The number of hydrogen-bond donors (Lipinski definition) is 1. The first-order valence-electron chi connectivity index (χ1n) is 5.41. The molecule has 0 amide bonds. The van der Waals surface area contributed by atoms with Gasteiger partial charge in [-0.1, -0.05) is 15.9 Å². The maximum Gasteiger partial charge on any atom is 0.165 e. The third-order valence-electron chi connectivity index (χ3n) is 2.35. The minimum atomic E-state index is -0.405. The van der Waals surface area contributed by atoms with Crippen molar-refractivity contribution in [1.29, 1.82) is 0 Å². The number of ether oxygens (including phenoxy) is 1. The SMILES string of the molecule is CNCc1ccncc1Oc1cc(Br)ccc1F. The van der Waals surface area contributed by atoms with Gasteiger partial charge in [0.2, 0.25) is 0 Å². The van der Waals surface area contributed by atoms with Crippen molar-refractivity contribution in [2.45, 2.75) is 6.54 Å². The minimum absolute atomic E-state index is 0.176. The number of nitrogens with zero attached hydrogens (tertiary/aromatic N) is 1. The summed E-state index contributed by atoms with van der Waals surface area (Å²) in [5.41, 5.74) is 0.923. The summed E-state index contributed by atoms with van der Waals surface area (Å²) in [5, 5.41) is 3.03.